The highest BCUT2D eigenvalue weighted by atomic mass is 19.3. The number of likely N-dealkylation sites (tertiary alicyclic amines) is 1. The van der Waals surface area contributed by atoms with Gasteiger partial charge < -0.3 is 14.7 Å². The molecule has 1 saturated heterocycles. The average Bonchev–Trinajstić information content (AvgIpc) is 2.34. The van der Waals surface area contributed by atoms with E-state index in [0.29, 0.717) is 18.7 Å². The van der Waals surface area contributed by atoms with E-state index >= 15 is 0 Å². The van der Waals surface area contributed by atoms with Crippen LogP contribution < -0.4 is 4.74 Å². The predicted octanol–water partition coefficient (Wildman–Crippen LogP) is 2.13. The van der Waals surface area contributed by atoms with E-state index in [1.165, 1.54) is 29.2 Å². The maximum absolute atomic E-state index is 12.1. The van der Waals surface area contributed by atoms with Gasteiger partial charge in [0.1, 0.15) is 11.4 Å². The summed E-state index contributed by atoms with van der Waals surface area (Å²) in [4.78, 5) is 13.6. The lowest BCUT2D eigenvalue weighted by atomic mass is 9.82. The second-order valence-electron chi connectivity index (χ2n) is 5.32. The number of carbonyl (C=O) groups is 1. The normalized spacial score (nSPS) is 17.2. The lowest BCUT2D eigenvalue weighted by molar-refractivity contribution is -0.110. The summed E-state index contributed by atoms with van der Waals surface area (Å²) in [5.41, 5.74) is -0.439. The molecule has 0 aliphatic carbocycles. The molecule has 1 N–H and O–H groups in total. The van der Waals surface area contributed by atoms with Gasteiger partial charge in [-0.2, -0.15) is 8.78 Å². The first-order valence-electron chi connectivity index (χ1n) is 6.38. The molecule has 4 nitrogen and oxygen atoms in total. The van der Waals surface area contributed by atoms with Crippen LogP contribution >= 0.6 is 0 Å². The fraction of sp³-hybridized carbons (Fsp3) is 0.500. The molecule has 0 radical (unpaired) electrons. The van der Waals surface area contributed by atoms with Gasteiger partial charge in [0.05, 0.1) is 13.1 Å². The van der Waals surface area contributed by atoms with Crippen LogP contribution in [0.1, 0.15) is 24.2 Å². The second kappa shape index (κ2) is 5.36. The second-order valence-corrected chi connectivity index (χ2v) is 5.32. The van der Waals surface area contributed by atoms with E-state index in [1.807, 2.05) is 13.8 Å². The van der Waals surface area contributed by atoms with Gasteiger partial charge >= 0.3 is 6.61 Å². The zero-order valence-corrected chi connectivity index (χ0v) is 11.3. The third-order valence-corrected chi connectivity index (χ3v) is 3.62. The molecule has 1 aromatic carbocycles. The Morgan fingerprint density at radius 2 is 1.85 bits per heavy atom. The van der Waals surface area contributed by atoms with Gasteiger partial charge in [-0.05, 0) is 30.2 Å². The van der Waals surface area contributed by atoms with Gasteiger partial charge in [0.15, 0.2) is 0 Å². The molecular formula is C14H17F2NO3. The lowest BCUT2D eigenvalue weighted by Gasteiger charge is -2.49. The Labute approximate surface area is 116 Å². The van der Waals surface area contributed by atoms with E-state index in [0.717, 1.165) is 0 Å². The third kappa shape index (κ3) is 2.90. The van der Waals surface area contributed by atoms with Crippen LogP contribution in [0, 0.1) is 5.92 Å². The number of ether oxygens (including phenoxy) is 1. The van der Waals surface area contributed by atoms with Crippen LogP contribution in [0.5, 0.6) is 5.75 Å². The number of aliphatic hydroxyl groups is 1. The molecule has 0 atom stereocenters. The van der Waals surface area contributed by atoms with Gasteiger partial charge in [-0.1, -0.05) is 13.8 Å². The highest BCUT2D eigenvalue weighted by Crippen LogP contribution is 2.30. The highest BCUT2D eigenvalue weighted by Gasteiger charge is 2.45. The van der Waals surface area contributed by atoms with Gasteiger partial charge in [-0.25, -0.2) is 0 Å². The number of hydrogen-bond donors (Lipinski definition) is 1. The molecule has 0 aromatic heterocycles. The number of hydrogen-bond acceptors (Lipinski definition) is 3. The van der Waals surface area contributed by atoms with Crippen LogP contribution in [0.2, 0.25) is 0 Å². The van der Waals surface area contributed by atoms with Gasteiger partial charge in [0, 0.05) is 5.56 Å². The summed E-state index contributed by atoms with van der Waals surface area (Å²) in [5, 5.41) is 10.1. The fourth-order valence-electron chi connectivity index (χ4n) is 2.08. The number of carbonyl (C=O) groups excluding carboxylic acids is 1. The molecule has 110 valence electrons. The Kier molecular flexibility index (Phi) is 3.94. The van der Waals surface area contributed by atoms with E-state index in [2.05, 4.69) is 4.74 Å². The zero-order valence-electron chi connectivity index (χ0n) is 11.3. The molecule has 0 spiro atoms. The number of nitrogens with zero attached hydrogens (tertiary/aromatic N) is 1. The van der Waals surface area contributed by atoms with Gasteiger partial charge in [0.25, 0.3) is 5.91 Å². The highest BCUT2D eigenvalue weighted by molar-refractivity contribution is 5.95. The molecule has 1 fully saturated rings. The molecule has 1 amide bonds. The quantitative estimate of drug-likeness (QED) is 0.922. The van der Waals surface area contributed by atoms with Crippen molar-refractivity contribution in [1.29, 1.82) is 0 Å². The first-order chi connectivity index (χ1) is 9.32. The van der Waals surface area contributed by atoms with Crippen LogP contribution in [-0.2, 0) is 0 Å². The first-order valence-corrected chi connectivity index (χ1v) is 6.38. The summed E-state index contributed by atoms with van der Waals surface area (Å²) >= 11 is 0. The molecule has 1 aliphatic heterocycles. The van der Waals surface area contributed by atoms with Crippen molar-refractivity contribution < 1.29 is 23.4 Å². The predicted molar refractivity (Wildman–Crippen MR) is 68.8 cm³/mol. The van der Waals surface area contributed by atoms with Gasteiger partial charge in [0.2, 0.25) is 0 Å². The van der Waals surface area contributed by atoms with Gasteiger partial charge in [-0.3, -0.25) is 4.79 Å². The van der Waals surface area contributed by atoms with E-state index in [-0.39, 0.29) is 17.6 Å². The van der Waals surface area contributed by atoms with Crippen molar-refractivity contribution in [2.45, 2.75) is 26.1 Å². The number of benzene rings is 1. The van der Waals surface area contributed by atoms with Crippen molar-refractivity contribution >= 4 is 5.91 Å². The minimum Gasteiger partial charge on any atom is -0.435 e. The molecule has 1 aromatic rings. The summed E-state index contributed by atoms with van der Waals surface area (Å²) in [6.07, 6.45) is 0. The Bertz CT molecular complexity index is 482. The summed E-state index contributed by atoms with van der Waals surface area (Å²) in [6, 6.07) is 5.53. The van der Waals surface area contributed by atoms with Crippen LogP contribution in [-0.4, -0.2) is 41.2 Å². The monoisotopic (exact) mass is 285 g/mol. The van der Waals surface area contributed by atoms with Crippen molar-refractivity contribution in [2.75, 3.05) is 13.1 Å². The zero-order chi connectivity index (χ0) is 14.9. The van der Waals surface area contributed by atoms with Crippen molar-refractivity contribution in [3.63, 3.8) is 0 Å². The van der Waals surface area contributed by atoms with Crippen molar-refractivity contribution in [3.05, 3.63) is 29.8 Å². The van der Waals surface area contributed by atoms with Crippen LogP contribution in [0.25, 0.3) is 0 Å². The maximum atomic E-state index is 12.1. The van der Waals surface area contributed by atoms with E-state index < -0.39 is 12.2 Å². The SMILES string of the molecule is CC(C)C1(O)CN(C(=O)c2ccc(OC(F)F)cc2)C1. The molecule has 0 unspecified atom stereocenters. The van der Waals surface area contributed by atoms with E-state index in [9.17, 15) is 18.7 Å². The largest absolute Gasteiger partial charge is 0.435 e. The summed E-state index contributed by atoms with van der Waals surface area (Å²) in [6.45, 7) is 1.50. The van der Waals surface area contributed by atoms with Crippen LogP contribution in [0.3, 0.4) is 0 Å². The van der Waals surface area contributed by atoms with Gasteiger partial charge in [-0.15, -0.1) is 0 Å². The molecule has 20 heavy (non-hydrogen) atoms. The average molecular weight is 285 g/mol. The minimum absolute atomic E-state index is 0.0128. The smallest absolute Gasteiger partial charge is 0.387 e. The van der Waals surface area contributed by atoms with Crippen molar-refractivity contribution in [1.82, 2.24) is 4.90 Å². The topological polar surface area (TPSA) is 49.8 Å². The Balaban J connectivity index is 1.98. The molecule has 1 aliphatic rings. The Morgan fingerprint density at radius 3 is 2.30 bits per heavy atom. The lowest BCUT2D eigenvalue weighted by Crippen LogP contribution is -2.65. The molecule has 1 heterocycles. The van der Waals surface area contributed by atoms with Crippen molar-refractivity contribution in [3.8, 4) is 5.75 Å². The standard InChI is InChI=1S/C14H17F2NO3/c1-9(2)14(19)7-17(8-14)12(18)10-3-5-11(6-4-10)20-13(15)16/h3-6,9,13,19H,7-8H2,1-2H3. The fourth-order valence-corrected chi connectivity index (χ4v) is 2.08. The third-order valence-electron chi connectivity index (χ3n) is 3.62. The summed E-state index contributed by atoms with van der Waals surface area (Å²) in [7, 11) is 0. The number of amides is 1. The number of halogens is 2. The van der Waals surface area contributed by atoms with E-state index in [1.54, 1.807) is 0 Å². The first kappa shape index (κ1) is 14.7. The number of alkyl halides is 2. The minimum atomic E-state index is -2.88. The van der Waals surface area contributed by atoms with Crippen LogP contribution in [0.4, 0.5) is 8.78 Å². The van der Waals surface area contributed by atoms with Crippen molar-refractivity contribution in [2.24, 2.45) is 5.92 Å². The molecule has 0 saturated carbocycles. The number of rotatable bonds is 4. The molecule has 6 heteroatoms. The molecule has 0 bridgehead atoms. The Hall–Kier alpha value is -1.69. The maximum Gasteiger partial charge on any atom is 0.387 e. The van der Waals surface area contributed by atoms with Crippen LogP contribution in [0.15, 0.2) is 24.3 Å². The van der Waals surface area contributed by atoms with E-state index in [4.69, 9.17) is 0 Å². The summed E-state index contributed by atoms with van der Waals surface area (Å²) in [5.74, 6) is -0.133. The Morgan fingerprint density at radius 1 is 1.30 bits per heavy atom. The molecule has 2 rings (SSSR count). The number of β-amino-alcohol motifs (C(OH)–C–C–N with tert-alkyl or cyclic N) is 1. The molecular weight excluding hydrogens is 268 g/mol. The summed E-state index contributed by atoms with van der Waals surface area (Å²) < 4.78 is 28.2.